The van der Waals surface area contributed by atoms with Gasteiger partial charge in [0.05, 0.1) is 12.4 Å². The molecule has 0 atom stereocenters. The van der Waals surface area contributed by atoms with E-state index in [4.69, 9.17) is 4.74 Å². The molecule has 0 bridgehead atoms. The van der Waals surface area contributed by atoms with Gasteiger partial charge in [0.25, 0.3) is 0 Å². The number of ether oxygens (including phenoxy) is 1. The second-order valence-electron chi connectivity index (χ2n) is 2.05. The van der Waals surface area contributed by atoms with E-state index < -0.39 is 5.33 Å². The maximum Gasteiger partial charge on any atom is 0.136 e. The van der Waals surface area contributed by atoms with Gasteiger partial charge in [-0.25, -0.2) is 4.39 Å². The molecule has 0 aliphatic rings. The summed E-state index contributed by atoms with van der Waals surface area (Å²) in [6.45, 7) is 0. The van der Waals surface area contributed by atoms with Crippen molar-refractivity contribution in [1.29, 1.82) is 0 Å². The zero-order valence-electron chi connectivity index (χ0n) is 6.22. The van der Waals surface area contributed by atoms with Crippen LogP contribution in [0.3, 0.4) is 0 Å². The lowest BCUT2D eigenvalue weighted by atomic mass is 10.3. The fourth-order valence-corrected chi connectivity index (χ4v) is 2.89. The van der Waals surface area contributed by atoms with Crippen molar-refractivity contribution >= 4 is 41.6 Å². The molecule has 0 aromatic heterocycles. The molecule has 0 aliphatic carbocycles. The lowest BCUT2D eigenvalue weighted by Gasteiger charge is -2.05. The minimum absolute atomic E-state index is 0.255. The largest absolute Gasteiger partial charge is 0.497 e. The number of hydrogen-bond acceptors (Lipinski definition) is 1. The highest BCUT2D eigenvalue weighted by atomic mass is 79.9. The van der Waals surface area contributed by atoms with E-state index in [1.165, 1.54) is 13.2 Å². The highest BCUT2D eigenvalue weighted by Gasteiger charge is 2.09. The third kappa shape index (κ3) is 2.41. The highest BCUT2D eigenvalue weighted by molar-refractivity contribution is 9.70. The topological polar surface area (TPSA) is 9.23 Å². The van der Waals surface area contributed by atoms with Gasteiger partial charge in [-0.15, -0.1) is 0 Å². The minimum Gasteiger partial charge on any atom is -0.497 e. The van der Waals surface area contributed by atoms with E-state index in [0.29, 0.717) is 11.1 Å². The average Bonchev–Trinajstić information content (AvgIpc) is 2.03. The number of halogens is 3. The van der Waals surface area contributed by atoms with E-state index >= 15 is 0 Å². The van der Waals surface area contributed by atoms with Crippen LogP contribution in [-0.2, 0) is 0 Å². The van der Waals surface area contributed by atoms with Crippen molar-refractivity contribution in [2.75, 3.05) is 7.11 Å². The Morgan fingerprint density at radius 2 is 2.08 bits per heavy atom. The first-order chi connectivity index (χ1) is 5.65. The lowest BCUT2D eigenvalue weighted by Crippen LogP contribution is -2.01. The van der Waals surface area contributed by atoms with Crippen LogP contribution in [0.2, 0.25) is 0 Å². The number of benzene rings is 1. The Morgan fingerprint density at radius 1 is 1.42 bits per heavy atom. The Bertz CT molecular complexity index is 280. The van der Waals surface area contributed by atoms with Gasteiger partial charge in [-0.2, -0.15) is 0 Å². The van der Waals surface area contributed by atoms with Gasteiger partial charge in [0.15, 0.2) is 0 Å². The van der Waals surface area contributed by atoms with Crippen LogP contribution < -0.4 is 10.0 Å². The Balaban J connectivity index is 3.03. The smallest absolute Gasteiger partial charge is 0.136 e. The lowest BCUT2D eigenvalue weighted by molar-refractivity contribution is 0.411. The Hall–Kier alpha value is 0.340. The molecule has 0 saturated heterocycles. The molecule has 0 heterocycles. The Kier molecular flexibility index (Phi) is 3.94. The molecular formula is C7H6Br2FOP. The van der Waals surface area contributed by atoms with E-state index in [-0.39, 0.29) is 5.82 Å². The molecule has 0 radical (unpaired) electrons. The van der Waals surface area contributed by atoms with E-state index in [0.717, 1.165) is 0 Å². The molecule has 0 amide bonds. The van der Waals surface area contributed by atoms with Crippen LogP contribution >= 0.6 is 36.3 Å². The highest BCUT2D eigenvalue weighted by Crippen LogP contribution is 2.51. The molecule has 1 rings (SSSR count). The first kappa shape index (κ1) is 10.4. The number of methoxy groups -OCH3 is 1. The third-order valence-corrected chi connectivity index (χ3v) is 4.36. The van der Waals surface area contributed by atoms with Crippen molar-refractivity contribution in [1.82, 2.24) is 0 Å². The first-order valence-corrected chi connectivity index (χ1v) is 8.48. The van der Waals surface area contributed by atoms with E-state index in [1.54, 1.807) is 12.1 Å². The van der Waals surface area contributed by atoms with Gasteiger partial charge in [-0.3, -0.25) is 0 Å². The predicted octanol–water partition coefficient (Wildman–Crippen LogP) is 3.56. The van der Waals surface area contributed by atoms with Crippen LogP contribution in [-0.4, -0.2) is 7.11 Å². The quantitative estimate of drug-likeness (QED) is 0.758. The molecule has 0 spiro atoms. The molecule has 5 heteroatoms. The van der Waals surface area contributed by atoms with Gasteiger partial charge < -0.3 is 4.74 Å². The van der Waals surface area contributed by atoms with Crippen LogP contribution in [0.25, 0.3) is 0 Å². The molecule has 0 fully saturated rings. The SMILES string of the molecule is COc1ccc(P(Br)Br)c(F)c1. The standard InChI is InChI=1S/C7H6Br2FOP/c1-11-5-2-3-7(12(8)9)6(10)4-5/h2-4H,1H3. The second-order valence-corrected chi connectivity index (χ2v) is 10.1. The van der Waals surface area contributed by atoms with Gasteiger partial charge in [0, 0.05) is 11.4 Å². The van der Waals surface area contributed by atoms with Crippen molar-refractivity contribution in [3.05, 3.63) is 24.0 Å². The van der Waals surface area contributed by atoms with Crippen LogP contribution in [0.4, 0.5) is 4.39 Å². The Labute approximate surface area is 87.5 Å². The summed E-state index contributed by atoms with van der Waals surface area (Å²) >= 11 is 6.56. The first-order valence-electron chi connectivity index (χ1n) is 3.10. The molecule has 0 N–H and O–H groups in total. The molecule has 0 aliphatic heterocycles. The van der Waals surface area contributed by atoms with E-state index in [1.807, 2.05) is 0 Å². The summed E-state index contributed by atoms with van der Waals surface area (Å²) in [6.07, 6.45) is 0. The molecular weight excluding hydrogens is 310 g/mol. The van der Waals surface area contributed by atoms with Crippen molar-refractivity contribution in [2.45, 2.75) is 0 Å². The maximum atomic E-state index is 13.2. The molecule has 1 nitrogen and oxygen atoms in total. The van der Waals surface area contributed by atoms with Crippen molar-refractivity contribution in [3.63, 3.8) is 0 Å². The molecule has 1 aromatic rings. The summed E-state index contributed by atoms with van der Waals surface area (Å²) in [5, 5.41) is -0.109. The normalized spacial score (nSPS) is 10.4. The fourth-order valence-electron chi connectivity index (χ4n) is 0.752. The molecule has 0 unspecified atom stereocenters. The van der Waals surface area contributed by atoms with Crippen LogP contribution in [0, 0.1) is 5.82 Å². The zero-order valence-corrected chi connectivity index (χ0v) is 10.3. The van der Waals surface area contributed by atoms with E-state index in [9.17, 15) is 4.39 Å². The van der Waals surface area contributed by atoms with E-state index in [2.05, 4.69) is 31.0 Å². The van der Waals surface area contributed by atoms with Crippen molar-refractivity contribution in [2.24, 2.45) is 0 Å². The van der Waals surface area contributed by atoms with Crippen LogP contribution in [0.5, 0.6) is 5.75 Å². The summed E-state index contributed by atoms with van der Waals surface area (Å²) in [5.41, 5.74) is 0. The minimum atomic E-state index is -0.739. The predicted molar refractivity (Wildman–Crippen MR) is 57.4 cm³/mol. The molecule has 66 valence electrons. The van der Waals surface area contributed by atoms with Crippen LogP contribution in [0.1, 0.15) is 0 Å². The number of hydrogen-bond donors (Lipinski definition) is 0. The van der Waals surface area contributed by atoms with Crippen LogP contribution in [0.15, 0.2) is 18.2 Å². The van der Waals surface area contributed by atoms with Gasteiger partial charge in [-0.05, 0) is 43.1 Å². The maximum absolute atomic E-state index is 13.2. The summed E-state index contributed by atoms with van der Waals surface area (Å²) in [7, 11) is 1.51. The number of rotatable bonds is 2. The Morgan fingerprint density at radius 3 is 2.50 bits per heavy atom. The van der Waals surface area contributed by atoms with Gasteiger partial charge in [0.1, 0.15) is 11.6 Å². The second kappa shape index (κ2) is 4.54. The molecule has 0 saturated carbocycles. The average molecular weight is 316 g/mol. The fraction of sp³-hybridized carbons (Fsp3) is 0.143. The summed E-state index contributed by atoms with van der Waals surface area (Å²) < 4.78 is 18.0. The molecule has 1 aromatic carbocycles. The summed E-state index contributed by atoms with van der Waals surface area (Å²) in [6, 6.07) is 4.80. The zero-order chi connectivity index (χ0) is 9.14. The monoisotopic (exact) mass is 314 g/mol. The molecule has 12 heavy (non-hydrogen) atoms. The third-order valence-electron chi connectivity index (χ3n) is 1.34. The summed E-state index contributed by atoms with van der Waals surface area (Å²) in [5.74, 6) is 0.280. The van der Waals surface area contributed by atoms with Gasteiger partial charge >= 0.3 is 0 Å². The van der Waals surface area contributed by atoms with Crippen molar-refractivity contribution < 1.29 is 9.13 Å². The van der Waals surface area contributed by atoms with Gasteiger partial charge in [-0.1, -0.05) is 0 Å². The van der Waals surface area contributed by atoms with Gasteiger partial charge in [0.2, 0.25) is 0 Å². The van der Waals surface area contributed by atoms with Crippen molar-refractivity contribution in [3.8, 4) is 5.75 Å². The summed E-state index contributed by atoms with van der Waals surface area (Å²) in [4.78, 5) is 0.